The summed E-state index contributed by atoms with van der Waals surface area (Å²) in [6.45, 7) is 7.31. The Morgan fingerprint density at radius 2 is 0.522 bits per heavy atom. The zero-order valence-electron chi connectivity index (χ0n) is 59.7. The van der Waals surface area contributed by atoms with Crippen LogP contribution in [-0.2, 0) is 65.4 Å². The second-order valence-electron chi connectivity index (χ2n) is 26.6. The molecule has 0 fully saturated rings. The molecule has 0 bridgehead atoms. The number of hydrogen-bond donors (Lipinski definition) is 3. The molecule has 0 aromatic rings. The molecule has 19 heteroatoms. The van der Waals surface area contributed by atoms with Gasteiger partial charge < -0.3 is 33.8 Å². The molecule has 0 aliphatic heterocycles. The van der Waals surface area contributed by atoms with Crippen molar-refractivity contribution in [3.63, 3.8) is 0 Å². The second kappa shape index (κ2) is 66.3. The number of ether oxygens (including phenoxy) is 4. The quantitative estimate of drug-likeness (QED) is 0.0222. The number of carbonyl (C=O) groups is 4. The molecule has 546 valence electrons. The summed E-state index contributed by atoms with van der Waals surface area (Å²) in [5.74, 6) is -1.27. The third kappa shape index (κ3) is 65.4. The van der Waals surface area contributed by atoms with Gasteiger partial charge in [-0.1, -0.05) is 330 Å². The van der Waals surface area contributed by atoms with Crippen LogP contribution in [0.25, 0.3) is 0 Å². The Hall–Kier alpha value is -1.94. The minimum Gasteiger partial charge on any atom is -0.462 e. The summed E-state index contributed by atoms with van der Waals surface area (Å²) in [5.41, 5.74) is 0. The van der Waals surface area contributed by atoms with Gasteiger partial charge in [-0.25, -0.2) is 9.13 Å². The SMILES string of the molecule is CCCCCCCCCCCCCCCC(=O)OC[C@H](COP(=O)(O)OC[C@@H](O)COP(=O)(O)OC[C@@H](COC(=O)CCCCCCCCCC)OC(=O)CCCCCCCCCCCCCCC)OC(=O)CCCCCCCCCCCCCCCCC(C)CC. The lowest BCUT2D eigenvalue weighted by atomic mass is 9.99. The van der Waals surface area contributed by atoms with Crippen LogP contribution in [0, 0.1) is 5.92 Å². The van der Waals surface area contributed by atoms with Crippen molar-refractivity contribution in [2.45, 2.75) is 400 Å². The molecule has 0 saturated heterocycles. The number of phosphoric acid groups is 2. The normalized spacial score (nSPS) is 14.3. The topological polar surface area (TPSA) is 237 Å². The van der Waals surface area contributed by atoms with Crippen molar-refractivity contribution in [1.82, 2.24) is 0 Å². The van der Waals surface area contributed by atoms with Gasteiger partial charge in [0.05, 0.1) is 26.4 Å². The summed E-state index contributed by atoms with van der Waals surface area (Å²) in [7, 11) is -9.90. The van der Waals surface area contributed by atoms with Gasteiger partial charge in [-0.15, -0.1) is 0 Å². The van der Waals surface area contributed by atoms with Gasteiger partial charge in [0.15, 0.2) is 12.2 Å². The molecule has 3 N–H and O–H groups in total. The lowest BCUT2D eigenvalue weighted by Crippen LogP contribution is -2.30. The number of phosphoric ester groups is 2. The molecule has 0 heterocycles. The number of aliphatic hydroxyl groups is 1. The van der Waals surface area contributed by atoms with Gasteiger partial charge >= 0.3 is 39.5 Å². The van der Waals surface area contributed by atoms with E-state index in [1.165, 1.54) is 199 Å². The average molecular weight is 1350 g/mol. The fraction of sp³-hybridized carbons (Fsp3) is 0.945. The molecule has 17 nitrogen and oxygen atoms in total. The highest BCUT2D eigenvalue weighted by atomic mass is 31.2. The minimum absolute atomic E-state index is 0.108. The third-order valence-corrected chi connectivity index (χ3v) is 19.3. The van der Waals surface area contributed by atoms with E-state index in [1.54, 1.807) is 0 Å². The highest BCUT2D eigenvalue weighted by Gasteiger charge is 2.30. The van der Waals surface area contributed by atoms with Crippen LogP contribution < -0.4 is 0 Å². The van der Waals surface area contributed by atoms with Crippen molar-refractivity contribution in [1.29, 1.82) is 0 Å². The Morgan fingerprint density at radius 3 is 0.772 bits per heavy atom. The first-order valence-electron chi connectivity index (χ1n) is 38.2. The first-order valence-corrected chi connectivity index (χ1v) is 41.2. The van der Waals surface area contributed by atoms with E-state index in [-0.39, 0.29) is 25.7 Å². The summed E-state index contributed by atoms with van der Waals surface area (Å²) in [6.07, 6.45) is 53.9. The van der Waals surface area contributed by atoms with Crippen LogP contribution >= 0.6 is 15.6 Å². The monoisotopic (exact) mass is 1350 g/mol. The molecule has 6 atom stereocenters. The summed E-state index contributed by atoms with van der Waals surface area (Å²) in [6, 6.07) is 0. The predicted octanol–water partition coefficient (Wildman–Crippen LogP) is 21.3. The average Bonchev–Trinajstić information content (AvgIpc) is 3.74. The number of esters is 4. The standard InChI is InChI=1S/C73H142O17P2/c1-6-10-13-16-19-22-24-28-33-37-42-47-52-57-71(76)84-63-69(90-73(78)59-54-49-44-39-35-31-27-26-30-32-36-40-45-50-55-66(5)9-4)65-88-92(81,82)86-61-67(74)60-85-91(79,80)87-64-68(62-83-70(75)56-51-46-41-21-18-15-12-8-3)89-72(77)58-53-48-43-38-34-29-25-23-20-17-14-11-7-2/h66-69,74H,6-65H2,1-5H3,(H,79,80)(H,81,82)/t66?,67-,68+,69+/m0/s1. The lowest BCUT2D eigenvalue weighted by Gasteiger charge is -2.21. The van der Waals surface area contributed by atoms with Crippen molar-refractivity contribution in [2.24, 2.45) is 5.92 Å². The van der Waals surface area contributed by atoms with Crippen molar-refractivity contribution in [2.75, 3.05) is 39.6 Å². The molecule has 0 aliphatic carbocycles. The first kappa shape index (κ1) is 90.1. The Labute approximate surface area is 562 Å². The molecule has 0 rings (SSSR count). The van der Waals surface area contributed by atoms with Crippen molar-refractivity contribution in [3.05, 3.63) is 0 Å². The molecule has 92 heavy (non-hydrogen) atoms. The smallest absolute Gasteiger partial charge is 0.462 e. The zero-order valence-corrected chi connectivity index (χ0v) is 61.5. The molecule has 0 spiro atoms. The predicted molar refractivity (Wildman–Crippen MR) is 372 cm³/mol. The molecule has 0 amide bonds. The van der Waals surface area contributed by atoms with Crippen LogP contribution in [0.2, 0.25) is 0 Å². The van der Waals surface area contributed by atoms with E-state index in [9.17, 15) is 43.2 Å². The second-order valence-corrected chi connectivity index (χ2v) is 29.5. The van der Waals surface area contributed by atoms with Gasteiger partial charge in [0.25, 0.3) is 0 Å². The maximum Gasteiger partial charge on any atom is 0.472 e. The molecular weight excluding hydrogens is 1210 g/mol. The van der Waals surface area contributed by atoms with Gasteiger partial charge in [0.2, 0.25) is 0 Å². The number of aliphatic hydroxyl groups excluding tert-OH is 1. The Kier molecular flexibility index (Phi) is 64.9. The van der Waals surface area contributed by atoms with Crippen LogP contribution in [0.15, 0.2) is 0 Å². The Bertz CT molecular complexity index is 1770. The maximum atomic E-state index is 13.1. The molecule has 0 saturated carbocycles. The van der Waals surface area contributed by atoms with Crippen LogP contribution in [0.4, 0.5) is 0 Å². The summed E-state index contributed by atoms with van der Waals surface area (Å²) in [5, 5.41) is 10.6. The summed E-state index contributed by atoms with van der Waals surface area (Å²) in [4.78, 5) is 72.6. The van der Waals surface area contributed by atoms with E-state index in [0.29, 0.717) is 25.7 Å². The fourth-order valence-corrected chi connectivity index (χ4v) is 12.7. The number of rotatable bonds is 73. The van der Waals surface area contributed by atoms with Crippen LogP contribution in [0.3, 0.4) is 0 Å². The molecule has 0 aliphatic rings. The van der Waals surface area contributed by atoms with Gasteiger partial charge in [0.1, 0.15) is 19.3 Å². The lowest BCUT2D eigenvalue weighted by molar-refractivity contribution is -0.161. The van der Waals surface area contributed by atoms with Crippen LogP contribution in [-0.4, -0.2) is 96.7 Å². The molecule has 0 radical (unpaired) electrons. The number of hydrogen-bond acceptors (Lipinski definition) is 15. The van der Waals surface area contributed by atoms with Gasteiger partial charge in [-0.05, 0) is 31.6 Å². The maximum absolute atomic E-state index is 13.1. The van der Waals surface area contributed by atoms with Crippen molar-refractivity contribution >= 4 is 39.5 Å². The van der Waals surface area contributed by atoms with E-state index < -0.39 is 97.5 Å². The number of unbranched alkanes of at least 4 members (excludes halogenated alkanes) is 44. The van der Waals surface area contributed by atoms with Crippen molar-refractivity contribution in [3.8, 4) is 0 Å². The first-order chi connectivity index (χ1) is 44.6. The van der Waals surface area contributed by atoms with Gasteiger partial charge in [-0.3, -0.25) is 37.3 Å². The van der Waals surface area contributed by atoms with E-state index in [2.05, 4.69) is 34.6 Å². The van der Waals surface area contributed by atoms with E-state index in [0.717, 1.165) is 102 Å². The van der Waals surface area contributed by atoms with Crippen LogP contribution in [0.1, 0.15) is 381 Å². The summed E-state index contributed by atoms with van der Waals surface area (Å²) < 4.78 is 68.4. The fourth-order valence-electron chi connectivity index (χ4n) is 11.1. The van der Waals surface area contributed by atoms with E-state index in [4.69, 9.17) is 37.0 Å². The van der Waals surface area contributed by atoms with Gasteiger partial charge in [-0.2, -0.15) is 0 Å². The molecule has 0 aromatic carbocycles. The molecule has 3 unspecified atom stereocenters. The minimum atomic E-state index is -4.95. The molecular formula is C73H142O17P2. The van der Waals surface area contributed by atoms with Crippen LogP contribution in [0.5, 0.6) is 0 Å². The Morgan fingerprint density at radius 1 is 0.304 bits per heavy atom. The largest absolute Gasteiger partial charge is 0.472 e. The van der Waals surface area contributed by atoms with Gasteiger partial charge in [0, 0.05) is 25.7 Å². The third-order valence-electron chi connectivity index (χ3n) is 17.4. The number of carbonyl (C=O) groups excluding carboxylic acids is 4. The highest BCUT2D eigenvalue weighted by Crippen LogP contribution is 2.45. The summed E-state index contributed by atoms with van der Waals surface area (Å²) >= 11 is 0. The molecule has 0 aromatic heterocycles. The Balaban J connectivity index is 5.21. The van der Waals surface area contributed by atoms with Crippen molar-refractivity contribution < 1.29 is 80.2 Å². The van der Waals surface area contributed by atoms with E-state index >= 15 is 0 Å². The highest BCUT2D eigenvalue weighted by molar-refractivity contribution is 7.47. The van der Waals surface area contributed by atoms with E-state index in [1.807, 2.05) is 0 Å². The zero-order chi connectivity index (χ0) is 67.7.